The van der Waals surface area contributed by atoms with Gasteiger partial charge in [-0.2, -0.15) is 0 Å². The van der Waals surface area contributed by atoms with Gasteiger partial charge < -0.3 is 9.16 Å². The van der Waals surface area contributed by atoms with E-state index in [2.05, 4.69) is 12.1 Å². The minimum atomic E-state index is 0.657. The van der Waals surface area contributed by atoms with Gasteiger partial charge in [-0.25, -0.2) is 0 Å². The first kappa shape index (κ1) is 12.3. The molecular formula is C12H18O2Si. The molecule has 3 heteroatoms. The molecule has 15 heavy (non-hydrogen) atoms. The van der Waals surface area contributed by atoms with Crippen molar-refractivity contribution in [2.24, 2.45) is 0 Å². The number of benzene rings is 1. The number of methoxy groups -OCH3 is 1. The highest BCUT2D eigenvalue weighted by Crippen LogP contribution is 2.13. The molecule has 0 N–H and O–H groups in total. The number of aryl methyl sites for hydroxylation is 1. The second kappa shape index (κ2) is 7.48. The highest BCUT2D eigenvalue weighted by Gasteiger charge is 1.96. The maximum Gasteiger partial charge on any atom is 0.229 e. The van der Waals surface area contributed by atoms with Gasteiger partial charge >= 0.3 is 0 Å². The van der Waals surface area contributed by atoms with Crippen LogP contribution in [0.5, 0.6) is 5.75 Å². The Balaban J connectivity index is 2.20. The second-order valence-corrected chi connectivity index (χ2v) is 4.36. The summed E-state index contributed by atoms with van der Waals surface area (Å²) >= 11 is 0. The van der Waals surface area contributed by atoms with Crippen LogP contribution in [0, 0.1) is 0 Å². The van der Waals surface area contributed by atoms with Crippen LogP contribution in [0.2, 0.25) is 6.04 Å². The summed E-state index contributed by atoms with van der Waals surface area (Å²) in [6.45, 7) is 2.87. The van der Waals surface area contributed by atoms with Crippen molar-refractivity contribution in [1.29, 1.82) is 0 Å². The minimum absolute atomic E-state index is 0.657. The van der Waals surface area contributed by atoms with E-state index < -0.39 is 0 Å². The first-order valence-corrected chi connectivity index (χ1v) is 6.46. The van der Waals surface area contributed by atoms with Gasteiger partial charge in [0.05, 0.1) is 7.11 Å². The van der Waals surface area contributed by atoms with Gasteiger partial charge in [0.25, 0.3) is 0 Å². The second-order valence-electron chi connectivity index (χ2n) is 3.28. The summed E-state index contributed by atoms with van der Waals surface area (Å²) in [7, 11) is 2.35. The van der Waals surface area contributed by atoms with Crippen LogP contribution in [0.15, 0.2) is 24.3 Å². The highest BCUT2D eigenvalue weighted by atomic mass is 28.2. The van der Waals surface area contributed by atoms with Crippen molar-refractivity contribution < 1.29 is 9.16 Å². The minimum Gasteiger partial charge on any atom is -0.497 e. The zero-order chi connectivity index (χ0) is 10.9. The van der Waals surface area contributed by atoms with Gasteiger partial charge in [0.1, 0.15) is 5.75 Å². The zero-order valence-electron chi connectivity index (χ0n) is 9.45. The van der Waals surface area contributed by atoms with Crippen molar-refractivity contribution in [3.63, 3.8) is 0 Å². The molecule has 1 rings (SSSR count). The molecule has 0 saturated carbocycles. The SMILES string of the molecule is CCO[Si]CCCc1ccc(OC)cc1. The van der Waals surface area contributed by atoms with Crippen LogP contribution in [0.1, 0.15) is 18.9 Å². The molecule has 0 aromatic heterocycles. The fourth-order valence-electron chi connectivity index (χ4n) is 1.33. The quantitative estimate of drug-likeness (QED) is 0.521. The lowest BCUT2D eigenvalue weighted by atomic mass is 10.1. The molecule has 0 heterocycles. The topological polar surface area (TPSA) is 18.5 Å². The molecule has 0 aliphatic rings. The molecule has 0 atom stereocenters. The summed E-state index contributed by atoms with van der Waals surface area (Å²) in [4.78, 5) is 0. The monoisotopic (exact) mass is 222 g/mol. The zero-order valence-corrected chi connectivity index (χ0v) is 10.5. The summed E-state index contributed by atoms with van der Waals surface area (Å²) in [5, 5.41) is 0. The molecule has 1 aromatic rings. The van der Waals surface area contributed by atoms with Crippen LogP contribution in [0.25, 0.3) is 0 Å². The first-order chi connectivity index (χ1) is 7.36. The molecule has 82 valence electrons. The fraction of sp³-hybridized carbons (Fsp3) is 0.500. The molecule has 2 nitrogen and oxygen atoms in total. The summed E-state index contributed by atoms with van der Waals surface area (Å²) in [5.41, 5.74) is 1.37. The average Bonchev–Trinajstić information content (AvgIpc) is 2.30. The van der Waals surface area contributed by atoms with E-state index in [0.29, 0.717) is 9.76 Å². The normalized spacial score (nSPS) is 10.3. The predicted molar refractivity (Wildman–Crippen MR) is 63.5 cm³/mol. The molecule has 0 fully saturated rings. The van der Waals surface area contributed by atoms with Crippen molar-refractivity contribution in [1.82, 2.24) is 0 Å². The van der Waals surface area contributed by atoms with E-state index in [1.807, 2.05) is 19.1 Å². The Bertz CT molecular complexity index is 259. The third-order valence-electron chi connectivity index (χ3n) is 2.15. The Morgan fingerprint density at radius 2 is 1.93 bits per heavy atom. The average molecular weight is 222 g/mol. The largest absolute Gasteiger partial charge is 0.497 e. The van der Waals surface area contributed by atoms with Gasteiger partial charge in [-0.3, -0.25) is 0 Å². The fourth-order valence-corrected chi connectivity index (χ4v) is 2.00. The van der Waals surface area contributed by atoms with Gasteiger partial charge in [-0.1, -0.05) is 12.1 Å². The maximum absolute atomic E-state index is 5.32. The molecule has 0 spiro atoms. The van der Waals surface area contributed by atoms with E-state index in [4.69, 9.17) is 9.16 Å². The number of hydrogen-bond donors (Lipinski definition) is 0. The Labute approximate surface area is 94.5 Å². The van der Waals surface area contributed by atoms with Gasteiger partial charge in [0.15, 0.2) is 0 Å². The van der Waals surface area contributed by atoms with E-state index in [-0.39, 0.29) is 0 Å². The van der Waals surface area contributed by atoms with Crippen LogP contribution >= 0.6 is 0 Å². The summed E-state index contributed by atoms with van der Waals surface area (Å²) in [5.74, 6) is 0.926. The third-order valence-corrected chi connectivity index (χ3v) is 3.20. The molecule has 1 aromatic carbocycles. The number of hydrogen-bond acceptors (Lipinski definition) is 2. The van der Waals surface area contributed by atoms with Crippen molar-refractivity contribution in [3.8, 4) is 5.75 Å². The van der Waals surface area contributed by atoms with E-state index >= 15 is 0 Å². The molecule has 0 aliphatic heterocycles. The Kier molecular flexibility index (Phi) is 6.12. The number of rotatable bonds is 7. The molecule has 2 radical (unpaired) electrons. The Morgan fingerprint density at radius 1 is 1.20 bits per heavy atom. The third kappa shape index (κ3) is 5.00. The van der Waals surface area contributed by atoms with E-state index in [9.17, 15) is 0 Å². The predicted octanol–water partition coefficient (Wildman–Crippen LogP) is 2.70. The van der Waals surface area contributed by atoms with Crippen molar-refractivity contribution in [2.75, 3.05) is 13.7 Å². The van der Waals surface area contributed by atoms with Gasteiger partial charge in [-0.05, 0) is 43.5 Å². The smallest absolute Gasteiger partial charge is 0.229 e. The lowest BCUT2D eigenvalue weighted by molar-refractivity contribution is 0.359. The molecule has 0 aliphatic carbocycles. The molecule has 0 amide bonds. The van der Waals surface area contributed by atoms with E-state index in [1.165, 1.54) is 18.0 Å². The van der Waals surface area contributed by atoms with Gasteiger partial charge in [-0.15, -0.1) is 0 Å². The molecule has 0 unspecified atom stereocenters. The van der Waals surface area contributed by atoms with Crippen LogP contribution in [-0.2, 0) is 10.8 Å². The maximum atomic E-state index is 5.32. The standard InChI is InChI=1S/C12H18O2Si/c1-3-14-15-10-4-5-11-6-8-12(13-2)9-7-11/h6-9H,3-5,10H2,1-2H3. The molecule has 0 saturated heterocycles. The first-order valence-electron chi connectivity index (χ1n) is 5.34. The van der Waals surface area contributed by atoms with E-state index in [0.717, 1.165) is 18.8 Å². The Morgan fingerprint density at radius 3 is 2.53 bits per heavy atom. The van der Waals surface area contributed by atoms with Gasteiger partial charge in [0, 0.05) is 6.61 Å². The lowest BCUT2D eigenvalue weighted by Gasteiger charge is -2.03. The van der Waals surface area contributed by atoms with E-state index in [1.54, 1.807) is 7.11 Å². The summed E-state index contributed by atoms with van der Waals surface area (Å²) in [6, 6.07) is 9.45. The van der Waals surface area contributed by atoms with Crippen LogP contribution in [0.4, 0.5) is 0 Å². The number of ether oxygens (including phenoxy) is 1. The van der Waals surface area contributed by atoms with Crippen LogP contribution < -0.4 is 4.74 Å². The molecular weight excluding hydrogens is 204 g/mol. The van der Waals surface area contributed by atoms with Crippen molar-refractivity contribution in [3.05, 3.63) is 29.8 Å². The lowest BCUT2D eigenvalue weighted by Crippen LogP contribution is -1.98. The molecule has 0 bridgehead atoms. The summed E-state index contributed by atoms with van der Waals surface area (Å²) in [6.07, 6.45) is 2.33. The van der Waals surface area contributed by atoms with Crippen molar-refractivity contribution in [2.45, 2.75) is 25.8 Å². The highest BCUT2D eigenvalue weighted by molar-refractivity contribution is 6.26. The van der Waals surface area contributed by atoms with Crippen molar-refractivity contribution >= 4 is 9.76 Å². The van der Waals surface area contributed by atoms with Gasteiger partial charge in [0.2, 0.25) is 9.76 Å². The Hall–Kier alpha value is -0.803. The van der Waals surface area contributed by atoms with Crippen LogP contribution in [0.3, 0.4) is 0 Å². The summed E-state index contributed by atoms with van der Waals surface area (Å²) < 4.78 is 10.4. The van der Waals surface area contributed by atoms with Crippen LogP contribution in [-0.4, -0.2) is 23.5 Å².